The van der Waals surface area contributed by atoms with Crippen molar-refractivity contribution in [1.82, 2.24) is 0 Å². The van der Waals surface area contributed by atoms with Crippen molar-refractivity contribution < 1.29 is 4.79 Å². The Hall–Kier alpha value is -1.71. The number of nitrogens with zero attached hydrogens (tertiary/aromatic N) is 1. The summed E-state index contributed by atoms with van der Waals surface area (Å²) < 4.78 is 0. The first-order valence-corrected chi connectivity index (χ1v) is 4.97. The van der Waals surface area contributed by atoms with E-state index in [4.69, 9.17) is 11.5 Å². The van der Waals surface area contributed by atoms with Gasteiger partial charge in [-0.05, 0) is 38.1 Å². The summed E-state index contributed by atoms with van der Waals surface area (Å²) in [7, 11) is 0. The monoisotopic (exact) mass is 207 g/mol. The van der Waals surface area contributed by atoms with Gasteiger partial charge in [-0.15, -0.1) is 0 Å². The molecule has 15 heavy (non-hydrogen) atoms. The van der Waals surface area contributed by atoms with Crippen molar-refractivity contribution in [2.45, 2.75) is 19.9 Å². The van der Waals surface area contributed by atoms with Gasteiger partial charge in [0.25, 0.3) is 0 Å². The zero-order valence-corrected chi connectivity index (χ0v) is 9.10. The quantitative estimate of drug-likeness (QED) is 0.722. The van der Waals surface area contributed by atoms with E-state index in [1.807, 2.05) is 36.1 Å². The van der Waals surface area contributed by atoms with Gasteiger partial charge in [-0.1, -0.05) is 0 Å². The maximum absolute atomic E-state index is 11.1. The summed E-state index contributed by atoms with van der Waals surface area (Å²) >= 11 is 0. The number of nitrogen functional groups attached to an aromatic ring is 1. The van der Waals surface area contributed by atoms with Crippen LogP contribution in [0, 0.1) is 0 Å². The molecule has 1 rings (SSSR count). The van der Waals surface area contributed by atoms with E-state index in [2.05, 4.69) is 0 Å². The number of anilines is 2. The Morgan fingerprint density at radius 2 is 1.93 bits per heavy atom. The molecule has 4 N–H and O–H groups in total. The van der Waals surface area contributed by atoms with E-state index in [0.717, 1.165) is 12.2 Å². The molecule has 0 aliphatic rings. The molecular weight excluding hydrogens is 190 g/mol. The second kappa shape index (κ2) is 4.68. The van der Waals surface area contributed by atoms with Gasteiger partial charge < -0.3 is 16.4 Å². The number of primary amides is 1. The standard InChI is InChI=1S/C11H17N3O/c1-3-14(8(2)11(13)15)10-6-4-9(12)5-7-10/h4-8H,3,12H2,1-2H3,(H2,13,15). The van der Waals surface area contributed by atoms with Crippen LogP contribution < -0.4 is 16.4 Å². The number of hydrogen-bond donors (Lipinski definition) is 2. The fourth-order valence-electron chi connectivity index (χ4n) is 1.50. The molecule has 1 aromatic carbocycles. The summed E-state index contributed by atoms with van der Waals surface area (Å²) in [5.41, 5.74) is 12.5. The van der Waals surface area contributed by atoms with Crippen LogP contribution in [0.1, 0.15) is 13.8 Å². The number of nitrogens with two attached hydrogens (primary N) is 2. The molecule has 0 aliphatic heterocycles. The molecule has 0 radical (unpaired) electrons. The largest absolute Gasteiger partial charge is 0.399 e. The van der Waals surface area contributed by atoms with E-state index in [-0.39, 0.29) is 11.9 Å². The third-order valence-corrected chi connectivity index (χ3v) is 2.44. The summed E-state index contributed by atoms with van der Waals surface area (Å²) in [4.78, 5) is 13.0. The summed E-state index contributed by atoms with van der Waals surface area (Å²) in [5, 5.41) is 0. The molecule has 82 valence electrons. The lowest BCUT2D eigenvalue weighted by molar-refractivity contribution is -0.118. The first-order valence-electron chi connectivity index (χ1n) is 4.97. The third-order valence-electron chi connectivity index (χ3n) is 2.44. The molecule has 0 heterocycles. The minimum absolute atomic E-state index is 0.307. The molecule has 1 unspecified atom stereocenters. The fourth-order valence-corrected chi connectivity index (χ4v) is 1.50. The average Bonchev–Trinajstić information content (AvgIpc) is 2.21. The Morgan fingerprint density at radius 1 is 1.40 bits per heavy atom. The number of carbonyl (C=O) groups excluding carboxylic acids is 1. The first-order chi connectivity index (χ1) is 7.06. The molecule has 0 aromatic heterocycles. The van der Waals surface area contributed by atoms with E-state index in [9.17, 15) is 4.79 Å². The summed E-state index contributed by atoms with van der Waals surface area (Å²) in [5.74, 6) is -0.325. The number of carbonyl (C=O) groups is 1. The lowest BCUT2D eigenvalue weighted by Crippen LogP contribution is -2.42. The number of amides is 1. The molecule has 0 bridgehead atoms. The molecule has 1 atom stereocenters. The van der Waals surface area contributed by atoms with Crippen LogP contribution >= 0.6 is 0 Å². The Bertz CT molecular complexity index is 334. The van der Waals surface area contributed by atoms with Crippen molar-refractivity contribution >= 4 is 17.3 Å². The molecule has 0 aliphatic carbocycles. The van der Waals surface area contributed by atoms with Gasteiger partial charge in [-0.3, -0.25) is 4.79 Å². The van der Waals surface area contributed by atoms with Gasteiger partial charge in [-0.2, -0.15) is 0 Å². The van der Waals surface area contributed by atoms with Crippen LogP contribution in [0.25, 0.3) is 0 Å². The van der Waals surface area contributed by atoms with E-state index in [1.54, 1.807) is 6.92 Å². The van der Waals surface area contributed by atoms with Gasteiger partial charge in [0, 0.05) is 17.9 Å². The number of rotatable bonds is 4. The van der Waals surface area contributed by atoms with E-state index in [1.165, 1.54) is 0 Å². The van der Waals surface area contributed by atoms with Crippen LogP contribution in [0.5, 0.6) is 0 Å². The van der Waals surface area contributed by atoms with Crippen LogP contribution in [0.4, 0.5) is 11.4 Å². The van der Waals surface area contributed by atoms with Crippen LogP contribution in [0.2, 0.25) is 0 Å². The van der Waals surface area contributed by atoms with Crippen molar-refractivity contribution in [2.75, 3.05) is 17.2 Å². The topological polar surface area (TPSA) is 72.3 Å². The van der Waals surface area contributed by atoms with E-state index >= 15 is 0 Å². The Balaban J connectivity index is 2.92. The highest BCUT2D eigenvalue weighted by Crippen LogP contribution is 2.18. The van der Waals surface area contributed by atoms with Crippen molar-refractivity contribution in [3.05, 3.63) is 24.3 Å². The van der Waals surface area contributed by atoms with Crippen molar-refractivity contribution in [1.29, 1.82) is 0 Å². The zero-order chi connectivity index (χ0) is 11.4. The van der Waals surface area contributed by atoms with Crippen LogP contribution in [0.3, 0.4) is 0 Å². The fraction of sp³-hybridized carbons (Fsp3) is 0.364. The molecule has 0 saturated heterocycles. The first kappa shape index (κ1) is 11.4. The van der Waals surface area contributed by atoms with Crippen LogP contribution in [-0.4, -0.2) is 18.5 Å². The summed E-state index contributed by atoms with van der Waals surface area (Å²) in [6, 6.07) is 7.09. The third kappa shape index (κ3) is 2.62. The number of likely N-dealkylation sites (N-methyl/N-ethyl adjacent to an activating group) is 1. The molecular formula is C11H17N3O. The molecule has 1 aromatic rings. The normalized spacial score (nSPS) is 12.1. The summed E-state index contributed by atoms with van der Waals surface area (Å²) in [6.45, 7) is 4.51. The zero-order valence-electron chi connectivity index (χ0n) is 9.10. The van der Waals surface area contributed by atoms with Gasteiger partial charge in [0.2, 0.25) is 5.91 Å². The molecule has 4 nitrogen and oxygen atoms in total. The Labute approximate surface area is 89.9 Å². The van der Waals surface area contributed by atoms with E-state index in [0.29, 0.717) is 5.69 Å². The molecule has 0 spiro atoms. The van der Waals surface area contributed by atoms with Crippen molar-refractivity contribution in [3.63, 3.8) is 0 Å². The molecule has 4 heteroatoms. The highest BCUT2D eigenvalue weighted by Gasteiger charge is 2.17. The lowest BCUT2D eigenvalue weighted by Gasteiger charge is -2.27. The smallest absolute Gasteiger partial charge is 0.239 e. The second-order valence-corrected chi connectivity index (χ2v) is 3.46. The van der Waals surface area contributed by atoms with Crippen LogP contribution in [-0.2, 0) is 4.79 Å². The van der Waals surface area contributed by atoms with Crippen LogP contribution in [0.15, 0.2) is 24.3 Å². The molecule has 0 saturated carbocycles. The molecule has 0 fully saturated rings. The second-order valence-electron chi connectivity index (χ2n) is 3.46. The predicted molar refractivity (Wildman–Crippen MR) is 62.5 cm³/mol. The lowest BCUT2D eigenvalue weighted by atomic mass is 10.2. The maximum atomic E-state index is 11.1. The number of hydrogen-bond acceptors (Lipinski definition) is 3. The average molecular weight is 207 g/mol. The molecule has 1 amide bonds. The minimum Gasteiger partial charge on any atom is -0.399 e. The van der Waals surface area contributed by atoms with Crippen molar-refractivity contribution in [2.24, 2.45) is 5.73 Å². The highest BCUT2D eigenvalue weighted by molar-refractivity contribution is 5.83. The minimum atomic E-state index is -0.325. The van der Waals surface area contributed by atoms with Gasteiger partial charge in [0.05, 0.1) is 0 Å². The Kier molecular flexibility index (Phi) is 3.55. The number of benzene rings is 1. The highest BCUT2D eigenvalue weighted by atomic mass is 16.1. The van der Waals surface area contributed by atoms with Gasteiger partial charge in [0.15, 0.2) is 0 Å². The van der Waals surface area contributed by atoms with Gasteiger partial charge in [0.1, 0.15) is 6.04 Å². The Morgan fingerprint density at radius 3 is 2.33 bits per heavy atom. The van der Waals surface area contributed by atoms with Gasteiger partial charge in [-0.25, -0.2) is 0 Å². The SMILES string of the molecule is CCN(c1ccc(N)cc1)C(C)C(N)=O. The maximum Gasteiger partial charge on any atom is 0.239 e. The van der Waals surface area contributed by atoms with E-state index < -0.39 is 0 Å². The summed E-state index contributed by atoms with van der Waals surface area (Å²) in [6.07, 6.45) is 0. The van der Waals surface area contributed by atoms with Crippen molar-refractivity contribution in [3.8, 4) is 0 Å². The predicted octanol–water partition coefficient (Wildman–Crippen LogP) is 0.969. The van der Waals surface area contributed by atoms with Gasteiger partial charge >= 0.3 is 0 Å².